The molecule has 8 heteroatoms. The Kier molecular flexibility index (Phi) is 24.0. The molecule has 0 unspecified atom stereocenters. The predicted octanol–water partition coefficient (Wildman–Crippen LogP) is 39.6. The molecule has 0 radical (unpaired) electrons. The molecule has 24 rings (SSSR count). The van der Waals surface area contributed by atoms with Crippen molar-refractivity contribution in [2.24, 2.45) is 0 Å². The highest BCUT2D eigenvalue weighted by atomic mass is 19.1. The number of anilines is 12. The fourth-order valence-electron chi connectivity index (χ4n) is 20.8. The van der Waals surface area contributed by atoms with Crippen LogP contribution >= 0.6 is 0 Å². The van der Waals surface area contributed by atoms with Crippen molar-refractivity contribution in [1.82, 2.24) is 0 Å². The summed E-state index contributed by atoms with van der Waals surface area (Å²) in [5, 5.41) is 23.4. The van der Waals surface area contributed by atoms with E-state index >= 15 is 0 Å². The minimum Gasteiger partial charge on any atom is -0.310 e. The zero-order valence-electron chi connectivity index (χ0n) is 82.3. The summed E-state index contributed by atoms with van der Waals surface area (Å²) in [5.74, 6) is -0.590. The summed E-state index contributed by atoms with van der Waals surface area (Å²) in [6, 6.07) is 165. The maximum Gasteiger partial charge on any atom is 0.187 e. The third-order valence-electron chi connectivity index (χ3n) is 28.6. The van der Waals surface area contributed by atoms with Gasteiger partial charge >= 0.3 is 0 Å². The first kappa shape index (κ1) is 91.2. The SMILES string of the molecule is Cc1ccc(-c2cc(-c3ccc(C)cc3)cc(N(c3ccc(F)cc3)c3ccc4ccc5c(N(c6ccc(F)cc6)c6cc(-c7ccc(C)cc7)cc(-c7ccc(C)cc7)c6)ccc6ccc3c4c65)c2)cc1.[C-]#[N+]c1ccc(N(c2cc(-c3ccc(C)cc3)cc(-c3ccc(C)cc3)c2)c2ccc3ccc4c(N(c5ccc(C#N)cc5)c5cc(-c6ccc(C)cc6)cc(-c6ccc(C)cc6)c5)ccc5ccc2c3c54)cc1. The molecule has 0 bridgehead atoms. The molecule has 0 aromatic heterocycles. The molecule has 24 aromatic rings. The highest BCUT2D eigenvalue weighted by Crippen LogP contribution is 2.54. The van der Waals surface area contributed by atoms with E-state index in [2.05, 4.69) is 474 Å². The first-order valence-corrected chi connectivity index (χ1v) is 49.6. The molecule has 0 amide bonds. The molecule has 0 N–H and O–H groups in total. The van der Waals surface area contributed by atoms with Crippen LogP contribution in [-0.4, -0.2) is 0 Å². The van der Waals surface area contributed by atoms with Gasteiger partial charge in [-0.3, -0.25) is 0 Å². The van der Waals surface area contributed by atoms with Crippen molar-refractivity contribution in [3.8, 4) is 95.1 Å². The van der Waals surface area contributed by atoms with Crippen LogP contribution in [0.1, 0.15) is 50.1 Å². The maximum atomic E-state index is 14.9. The Bertz CT molecular complexity index is 8360. The Hall–Kier alpha value is -18.6. The number of nitrogens with zero attached hydrogens (tertiary/aromatic N) is 6. The predicted molar refractivity (Wildman–Crippen MR) is 611 cm³/mol. The summed E-state index contributed by atoms with van der Waals surface area (Å²) >= 11 is 0. The molecule has 0 fully saturated rings. The van der Waals surface area contributed by atoms with Gasteiger partial charge in [0.1, 0.15) is 11.6 Å². The lowest BCUT2D eigenvalue weighted by atomic mass is 9.91. The summed E-state index contributed by atoms with van der Waals surface area (Å²) in [5.41, 5.74) is 40.1. The van der Waals surface area contributed by atoms with Gasteiger partial charge in [0, 0.05) is 67.0 Å². The van der Waals surface area contributed by atoms with Crippen LogP contribution in [0.4, 0.5) is 82.7 Å². The average molecular weight is 1880 g/mol. The van der Waals surface area contributed by atoms with Crippen molar-refractivity contribution in [2.75, 3.05) is 19.6 Å². The van der Waals surface area contributed by atoms with Crippen molar-refractivity contribution in [1.29, 1.82) is 5.26 Å². The summed E-state index contributed by atoms with van der Waals surface area (Å²) in [7, 11) is 0. The molecule has 0 aliphatic heterocycles. The second-order valence-electron chi connectivity index (χ2n) is 38.8. The summed E-state index contributed by atoms with van der Waals surface area (Å²) < 4.78 is 29.8. The van der Waals surface area contributed by atoms with E-state index in [9.17, 15) is 14.0 Å². The van der Waals surface area contributed by atoms with Gasteiger partial charge in [-0.2, -0.15) is 5.26 Å². The Morgan fingerprint density at radius 1 is 0.192 bits per heavy atom. The Morgan fingerprint density at radius 3 is 0.555 bits per heavy atom. The third kappa shape index (κ3) is 17.9. The molecule has 146 heavy (non-hydrogen) atoms. The molecule has 0 atom stereocenters. The molecule has 0 saturated heterocycles. The van der Waals surface area contributed by atoms with Gasteiger partial charge in [0.15, 0.2) is 5.69 Å². The van der Waals surface area contributed by atoms with E-state index in [0.29, 0.717) is 11.3 Å². The van der Waals surface area contributed by atoms with Crippen LogP contribution in [0.25, 0.3) is 158 Å². The summed E-state index contributed by atoms with van der Waals surface area (Å²) in [6.45, 7) is 24.8. The minimum absolute atomic E-state index is 0.295. The number of aryl methyl sites for hydroxylation is 8. The molecule has 696 valence electrons. The van der Waals surface area contributed by atoms with Gasteiger partial charge in [0.25, 0.3) is 0 Å². The van der Waals surface area contributed by atoms with E-state index in [-0.39, 0.29) is 11.6 Å². The highest BCUT2D eigenvalue weighted by molar-refractivity contribution is 6.30. The first-order chi connectivity index (χ1) is 71.3. The Morgan fingerprint density at radius 2 is 0.370 bits per heavy atom. The lowest BCUT2D eigenvalue weighted by Gasteiger charge is -2.30. The average Bonchev–Trinajstić information content (AvgIpc) is 0.719. The fourth-order valence-corrected chi connectivity index (χ4v) is 20.8. The van der Waals surface area contributed by atoms with E-state index in [1.54, 1.807) is 0 Å². The molecule has 0 aliphatic rings. The molecular formula is C138H100F2N6. The van der Waals surface area contributed by atoms with Crippen LogP contribution in [0.3, 0.4) is 0 Å². The summed E-state index contributed by atoms with van der Waals surface area (Å²) in [4.78, 5) is 13.0. The second kappa shape index (κ2) is 38.4. The largest absolute Gasteiger partial charge is 0.310 e. The lowest BCUT2D eigenvalue weighted by Crippen LogP contribution is -2.12. The number of benzene rings is 24. The topological polar surface area (TPSA) is 41.1 Å². The van der Waals surface area contributed by atoms with Gasteiger partial charge in [-0.25, -0.2) is 13.6 Å². The fraction of sp³-hybridized carbons (Fsp3) is 0.0580. The lowest BCUT2D eigenvalue weighted by molar-refractivity contribution is 0.627. The van der Waals surface area contributed by atoms with Crippen LogP contribution in [-0.2, 0) is 0 Å². The van der Waals surface area contributed by atoms with Gasteiger partial charge in [0.2, 0.25) is 0 Å². The van der Waals surface area contributed by atoms with Crippen molar-refractivity contribution in [3.63, 3.8) is 0 Å². The van der Waals surface area contributed by atoms with Crippen molar-refractivity contribution in [2.45, 2.75) is 55.4 Å². The molecule has 0 saturated carbocycles. The zero-order valence-corrected chi connectivity index (χ0v) is 82.3. The first-order valence-electron chi connectivity index (χ1n) is 49.6. The van der Waals surface area contributed by atoms with Gasteiger partial charge in [-0.1, -0.05) is 324 Å². The Labute approximate surface area is 850 Å². The highest BCUT2D eigenvalue weighted by Gasteiger charge is 2.29. The molecule has 0 aliphatic carbocycles. The Balaban J connectivity index is 0.000000161. The van der Waals surface area contributed by atoms with E-state index in [4.69, 9.17) is 6.57 Å². The van der Waals surface area contributed by atoms with Crippen LogP contribution in [0.5, 0.6) is 0 Å². The van der Waals surface area contributed by atoms with Gasteiger partial charge in [-0.05, 0) is 369 Å². The number of hydrogen-bond donors (Lipinski definition) is 0. The summed E-state index contributed by atoms with van der Waals surface area (Å²) in [6.07, 6.45) is 0. The molecule has 0 heterocycles. The molecule has 6 nitrogen and oxygen atoms in total. The number of nitriles is 1. The molecule has 0 spiro atoms. The molecular weight excluding hydrogens is 1780 g/mol. The normalized spacial score (nSPS) is 11.3. The van der Waals surface area contributed by atoms with Crippen LogP contribution in [0.2, 0.25) is 0 Å². The maximum absolute atomic E-state index is 14.9. The standard InChI is InChI=1S/C70H50N4.C68H50F2N2/c1-45-6-16-50(17-7-45)56-38-57(51-18-8-46(2)9-19-51)41-63(40-56)73(61-30-14-49(44-71)15-31-61)67-36-26-54-25-35-66-68(37-27-55-24-34-65(67)69(54)70(55)66)74(62-32-28-60(72-5)29-33-62)64-42-58(52-20-10-47(3)11-21-52)39-59(43-64)53-22-12-48(4)13-23-53;1-43-5-13-47(14-6-43)53-37-54(48-15-7-44(2)8-16-48)40-61(39-53)71(59-29-25-57(69)26-30-59)65-35-23-51-22-34-64-66(36-24-52-21-33-63(65)67(51)68(52)64)72(60-31-27-58(70)28-32-60)62-41-55(49-17-9-45(3)10-18-49)38-56(42-62)50-19-11-46(4)12-20-50/h6-43H,1-4H3;5-42H,1-4H3. The third-order valence-corrected chi connectivity index (χ3v) is 28.6. The van der Waals surface area contributed by atoms with E-state index in [1.165, 1.54) is 79.5 Å². The van der Waals surface area contributed by atoms with E-state index in [0.717, 1.165) is 211 Å². The van der Waals surface area contributed by atoms with Gasteiger partial charge in [-0.15, -0.1) is 0 Å². The monoisotopic (exact) mass is 1880 g/mol. The van der Waals surface area contributed by atoms with Crippen molar-refractivity contribution >= 4 is 139 Å². The van der Waals surface area contributed by atoms with Crippen molar-refractivity contribution in [3.05, 3.63) is 534 Å². The van der Waals surface area contributed by atoms with Crippen LogP contribution < -0.4 is 19.6 Å². The zero-order chi connectivity index (χ0) is 99.5. The minimum atomic E-state index is -0.295. The van der Waals surface area contributed by atoms with Gasteiger partial charge in [0.05, 0.1) is 41.0 Å². The quantitative estimate of drug-likeness (QED) is 0.0562. The van der Waals surface area contributed by atoms with Crippen LogP contribution in [0.15, 0.2) is 461 Å². The molecule has 24 aromatic carbocycles. The second-order valence-corrected chi connectivity index (χ2v) is 38.8. The number of hydrogen-bond acceptors (Lipinski definition) is 5. The van der Waals surface area contributed by atoms with E-state index < -0.39 is 0 Å². The van der Waals surface area contributed by atoms with Crippen LogP contribution in [0, 0.1) is 84.9 Å². The number of halogens is 2. The van der Waals surface area contributed by atoms with E-state index in [1.807, 2.05) is 48.5 Å². The van der Waals surface area contributed by atoms with Gasteiger partial charge < -0.3 is 19.6 Å². The number of rotatable bonds is 20. The van der Waals surface area contributed by atoms with Crippen molar-refractivity contribution < 1.29 is 8.78 Å². The smallest absolute Gasteiger partial charge is 0.187 e.